The Morgan fingerprint density at radius 3 is 2.54 bits per heavy atom. The van der Waals surface area contributed by atoms with Gasteiger partial charge >= 0.3 is 5.97 Å². The highest BCUT2D eigenvalue weighted by atomic mass is 16.5. The number of carboxylic acids is 1. The fourth-order valence-electron chi connectivity index (χ4n) is 3.54. The van der Waals surface area contributed by atoms with Crippen molar-refractivity contribution in [1.29, 1.82) is 0 Å². The van der Waals surface area contributed by atoms with Crippen molar-refractivity contribution < 1.29 is 24.2 Å². The maximum absolute atomic E-state index is 12.6. The summed E-state index contributed by atoms with van der Waals surface area (Å²) in [6.45, 7) is 2.78. The van der Waals surface area contributed by atoms with Crippen LogP contribution in [-0.4, -0.2) is 66.5 Å². The minimum absolute atomic E-state index is 0.0236. The Bertz CT molecular complexity index is 689. The smallest absolute Gasteiger partial charge is 0.308 e. The van der Waals surface area contributed by atoms with Gasteiger partial charge in [0.2, 0.25) is 11.8 Å². The molecule has 28 heavy (non-hydrogen) atoms. The molecule has 1 aliphatic heterocycles. The van der Waals surface area contributed by atoms with Gasteiger partial charge in [-0.3, -0.25) is 14.4 Å². The highest BCUT2D eigenvalue weighted by molar-refractivity contribution is 5.85. The zero-order valence-electron chi connectivity index (χ0n) is 16.9. The first-order chi connectivity index (χ1) is 13.3. The van der Waals surface area contributed by atoms with Crippen LogP contribution in [0.5, 0.6) is 5.75 Å². The second-order valence-electron chi connectivity index (χ2n) is 7.35. The zero-order valence-corrected chi connectivity index (χ0v) is 16.9. The van der Waals surface area contributed by atoms with Crippen LogP contribution in [0.2, 0.25) is 0 Å². The normalized spacial score (nSPS) is 17.7. The van der Waals surface area contributed by atoms with Crippen LogP contribution in [0.4, 0.5) is 0 Å². The van der Waals surface area contributed by atoms with E-state index in [9.17, 15) is 14.4 Å². The molecule has 0 aliphatic carbocycles. The summed E-state index contributed by atoms with van der Waals surface area (Å²) in [5.41, 5.74) is 1.07. The van der Waals surface area contributed by atoms with Crippen LogP contribution < -0.4 is 4.74 Å². The molecule has 7 heteroatoms. The van der Waals surface area contributed by atoms with E-state index in [0.29, 0.717) is 25.8 Å². The van der Waals surface area contributed by atoms with E-state index in [1.807, 2.05) is 31.2 Å². The highest BCUT2D eigenvalue weighted by Crippen LogP contribution is 2.26. The number of carbonyl (C=O) groups excluding carboxylic acids is 2. The first-order valence-corrected chi connectivity index (χ1v) is 9.74. The number of likely N-dealkylation sites (tertiary alicyclic amines) is 1. The Kier molecular flexibility index (Phi) is 7.84. The summed E-state index contributed by atoms with van der Waals surface area (Å²) >= 11 is 0. The Morgan fingerprint density at radius 2 is 1.96 bits per heavy atom. The molecule has 0 spiro atoms. The van der Waals surface area contributed by atoms with Crippen molar-refractivity contribution in [2.75, 3.05) is 33.8 Å². The molecule has 0 bridgehead atoms. The molecule has 1 N–H and O–H groups in total. The van der Waals surface area contributed by atoms with E-state index in [1.165, 1.54) is 4.90 Å². The van der Waals surface area contributed by atoms with E-state index < -0.39 is 11.9 Å². The second kappa shape index (κ2) is 10.1. The number of methoxy groups -OCH3 is 1. The average molecular weight is 390 g/mol. The summed E-state index contributed by atoms with van der Waals surface area (Å²) in [6, 6.07) is 7.69. The van der Waals surface area contributed by atoms with E-state index in [2.05, 4.69) is 0 Å². The number of amides is 2. The molecule has 0 radical (unpaired) electrons. The molecule has 1 heterocycles. The molecular formula is C21H30N2O5. The molecule has 1 aromatic rings. The van der Waals surface area contributed by atoms with E-state index in [-0.39, 0.29) is 30.8 Å². The van der Waals surface area contributed by atoms with Crippen LogP contribution >= 0.6 is 0 Å². The number of piperidine rings is 1. The Balaban J connectivity index is 1.91. The van der Waals surface area contributed by atoms with Crippen molar-refractivity contribution in [2.45, 2.75) is 38.5 Å². The number of hydrogen-bond donors (Lipinski definition) is 1. The lowest BCUT2D eigenvalue weighted by atomic mass is 9.92. The highest BCUT2D eigenvalue weighted by Gasteiger charge is 2.29. The van der Waals surface area contributed by atoms with Crippen LogP contribution in [-0.2, 0) is 14.4 Å². The summed E-state index contributed by atoms with van der Waals surface area (Å²) in [4.78, 5) is 39.3. The van der Waals surface area contributed by atoms with Crippen LogP contribution in [0, 0.1) is 5.92 Å². The molecule has 1 aliphatic rings. The third kappa shape index (κ3) is 5.71. The quantitative estimate of drug-likeness (QED) is 0.736. The Morgan fingerprint density at radius 1 is 1.29 bits per heavy atom. The van der Waals surface area contributed by atoms with Gasteiger partial charge in [0, 0.05) is 26.6 Å². The van der Waals surface area contributed by atoms with Gasteiger partial charge in [-0.05, 0) is 42.9 Å². The monoisotopic (exact) mass is 390 g/mol. The lowest BCUT2D eigenvalue weighted by Crippen LogP contribution is -2.47. The summed E-state index contributed by atoms with van der Waals surface area (Å²) in [6.07, 6.45) is 2.40. The molecule has 1 fully saturated rings. The van der Waals surface area contributed by atoms with Crippen molar-refractivity contribution in [1.82, 2.24) is 9.80 Å². The van der Waals surface area contributed by atoms with Gasteiger partial charge in [0.1, 0.15) is 5.75 Å². The minimum atomic E-state index is -0.868. The molecular weight excluding hydrogens is 360 g/mol. The van der Waals surface area contributed by atoms with Crippen molar-refractivity contribution in [3.8, 4) is 5.75 Å². The summed E-state index contributed by atoms with van der Waals surface area (Å²) in [7, 11) is 3.24. The topological polar surface area (TPSA) is 87.2 Å². The molecule has 2 unspecified atom stereocenters. The Hall–Kier alpha value is -2.57. The number of nitrogens with zero attached hydrogens (tertiary/aromatic N) is 2. The van der Waals surface area contributed by atoms with E-state index in [1.54, 1.807) is 19.1 Å². The van der Waals surface area contributed by atoms with Gasteiger partial charge in [-0.1, -0.05) is 19.1 Å². The second-order valence-corrected chi connectivity index (χ2v) is 7.35. The number of benzene rings is 1. The number of rotatable bonds is 8. The van der Waals surface area contributed by atoms with Crippen molar-refractivity contribution >= 4 is 17.8 Å². The van der Waals surface area contributed by atoms with Gasteiger partial charge in [-0.25, -0.2) is 0 Å². The Labute approximate surface area is 166 Å². The van der Waals surface area contributed by atoms with Crippen LogP contribution in [0.3, 0.4) is 0 Å². The van der Waals surface area contributed by atoms with E-state index in [0.717, 1.165) is 17.7 Å². The molecule has 1 aromatic carbocycles. The molecule has 2 rings (SSSR count). The summed E-state index contributed by atoms with van der Waals surface area (Å²) in [5, 5.41) is 9.17. The largest absolute Gasteiger partial charge is 0.497 e. The van der Waals surface area contributed by atoms with Crippen molar-refractivity contribution in [2.24, 2.45) is 5.92 Å². The predicted octanol–water partition coefficient (Wildman–Crippen LogP) is 2.36. The lowest BCUT2D eigenvalue weighted by molar-refractivity contribution is -0.147. The zero-order chi connectivity index (χ0) is 20.7. The van der Waals surface area contributed by atoms with Crippen LogP contribution in [0.25, 0.3) is 0 Å². The number of carboxylic acid groups (broad SMARTS) is 1. The third-order valence-corrected chi connectivity index (χ3v) is 5.42. The SMILES string of the molecule is CCC(CC(=O)N(C)CC(=O)N1CCCC(C(=O)O)C1)c1ccc(OC)cc1. The fraction of sp³-hybridized carbons (Fsp3) is 0.571. The molecule has 2 amide bonds. The molecule has 0 aromatic heterocycles. The minimum Gasteiger partial charge on any atom is -0.497 e. The molecule has 7 nitrogen and oxygen atoms in total. The molecule has 0 saturated carbocycles. The van der Waals surface area contributed by atoms with Crippen LogP contribution in [0.1, 0.15) is 44.1 Å². The van der Waals surface area contributed by atoms with Gasteiger partial charge in [0.05, 0.1) is 19.6 Å². The number of aliphatic carboxylic acids is 1. The number of ether oxygens (including phenoxy) is 1. The maximum atomic E-state index is 12.6. The number of hydrogen-bond acceptors (Lipinski definition) is 4. The van der Waals surface area contributed by atoms with Gasteiger partial charge in [-0.15, -0.1) is 0 Å². The standard InChI is InChI=1S/C21H30N2O5/c1-4-15(16-7-9-18(28-3)10-8-16)12-19(24)22(2)14-20(25)23-11-5-6-17(13-23)21(26)27/h7-10,15,17H,4-6,11-14H2,1-3H3,(H,26,27). The van der Waals surface area contributed by atoms with Gasteiger partial charge < -0.3 is 19.6 Å². The molecule has 154 valence electrons. The molecule has 1 saturated heterocycles. The maximum Gasteiger partial charge on any atom is 0.308 e. The number of likely N-dealkylation sites (N-methyl/N-ethyl adjacent to an activating group) is 1. The first-order valence-electron chi connectivity index (χ1n) is 9.74. The van der Waals surface area contributed by atoms with Crippen LogP contribution in [0.15, 0.2) is 24.3 Å². The first kappa shape index (κ1) is 21.7. The molecule has 2 atom stereocenters. The average Bonchev–Trinajstić information content (AvgIpc) is 2.71. The van der Waals surface area contributed by atoms with Crippen molar-refractivity contribution in [3.63, 3.8) is 0 Å². The van der Waals surface area contributed by atoms with Crippen molar-refractivity contribution in [3.05, 3.63) is 29.8 Å². The lowest BCUT2D eigenvalue weighted by Gasteiger charge is -2.32. The summed E-state index contributed by atoms with van der Waals surface area (Å²) < 4.78 is 5.17. The van der Waals surface area contributed by atoms with Gasteiger partial charge in [0.25, 0.3) is 0 Å². The summed E-state index contributed by atoms with van der Waals surface area (Å²) in [5.74, 6) is -0.830. The van der Waals surface area contributed by atoms with E-state index in [4.69, 9.17) is 9.84 Å². The fourth-order valence-corrected chi connectivity index (χ4v) is 3.54. The van der Waals surface area contributed by atoms with Gasteiger partial charge in [-0.2, -0.15) is 0 Å². The third-order valence-electron chi connectivity index (χ3n) is 5.42. The number of carbonyl (C=O) groups is 3. The van der Waals surface area contributed by atoms with E-state index >= 15 is 0 Å². The predicted molar refractivity (Wildman–Crippen MR) is 105 cm³/mol. The van der Waals surface area contributed by atoms with Gasteiger partial charge in [0.15, 0.2) is 0 Å².